The minimum atomic E-state index is -4.70. The van der Waals surface area contributed by atoms with E-state index in [-0.39, 0.29) is 63.9 Å². The summed E-state index contributed by atoms with van der Waals surface area (Å²) < 4.78 is 66.8. The van der Waals surface area contributed by atoms with Gasteiger partial charge in [0.2, 0.25) is 5.91 Å². The summed E-state index contributed by atoms with van der Waals surface area (Å²) in [5, 5.41) is 8.42. The van der Waals surface area contributed by atoms with E-state index < -0.39 is 27.5 Å². The van der Waals surface area contributed by atoms with Crippen LogP contribution in [0.2, 0.25) is 5.02 Å². The molecule has 2 aromatic carbocycles. The molecule has 1 heterocycles. The first kappa shape index (κ1) is 30.9. The van der Waals surface area contributed by atoms with Gasteiger partial charge >= 0.3 is 6.18 Å². The lowest BCUT2D eigenvalue weighted by atomic mass is 10.00. The predicted molar refractivity (Wildman–Crippen MR) is 142 cm³/mol. The van der Waals surface area contributed by atoms with E-state index >= 15 is 0 Å². The molecule has 0 saturated carbocycles. The van der Waals surface area contributed by atoms with Gasteiger partial charge in [-0.2, -0.15) is 13.2 Å². The highest BCUT2D eigenvalue weighted by Crippen LogP contribution is 2.34. The summed E-state index contributed by atoms with van der Waals surface area (Å²) in [4.78, 5) is 26.5. The zero-order valence-corrected chi connectivity index (χ0v) is 23.3. The molecule has 13 heteroatoms. The average molecular weight is 589 g/mol. The zero-order valence-electron chi connectivity index (χ0n) is 21.7. The van der Waals surface area contributed by atoms with Crippen LogP contribution in [-0.2, 0) is 33.9 Å². The zero-order chi connectivity index (χ0) is 28.8. The number of nitrogens with one attached hydrogen (secondary N) is 3. The van der Waals surface area contributed by atoms with Crippen molar-refractivity contribution in [3.8, 4) is 0 Å². The normalized spacial score (nSPS) is 16.6. The van der Waals surface area contributed by atoms with Gasteiger partial charge in [0, 0.05) is 36.3 Å². The topological polar surface area (TPSA) is 108 Å². The maximum atomic E-state index is 14.0. The first-order valence-corrected chi connectivity index (χ1v) is 14.5. The number of piperidine rings is 1. The molecule has 0 bridgehead atoms. The second-order valence-electron chi connectivity index (χ2n) is 9.38. The van der Waals surface area contributed by atoms with E-state index in [2.05, 4.69) is 16.0 Å². The van der Waals surface area contributed by atoms with Crippen molar-refractivity contribution in [1.29, 1.82) is 0 Å². The first-order chi connectivity index (χ1) is 18.3. The number of hydrogen-bond acceptors (Lipinski definition) is 6. The van der Waals surface area contributed by atoms with E-state index in [1.54, 1.807) is 7.05 Å². The number of carbonyl (C=O) groups is 2. The van der Waals surface area contributed by atoms with Crippen LogP contribution in [0, 0.1) is 0 Å². The standard InChI is InChI=1S/C26H32ClF3N4O4S/c1-3-39(37,38)23-9-8-20(27)11-19(23)13-32-25(36)17-6-7-18(22(12-17)26(28,29)30)15-34-10-4-5-21(16-34)33-24(35)14-31-2/h6-9,11-12,21,31H,3-5,10,13-16H2,1-2H3,(H,32,36)(H,33,35)/t21-/m0/s1. The fourth-order valence-corrected chi connectivity index (χ4v) is 5.85. The van der Waals surface area contributed by atoms with Crippen molar-refractivity contribution in [3.05, 3.63) is 63.7 Å². The highest BCUT2D eigenvalue weighted by Gasteiger charge is 2.35. The number of halogens is 4. The Balaban J connectivity index is 1.76. The van der Waals surface area contributed by atoms with Crippen LogP contribution >= 0.6 is 11.6 Å². The fraction of sp³-hybridized carbons (Fsp3) is 0.462. The Morgan fingerprint density at radius 1 is 1.13 bits per heavy atom. The molecule has 214 valence electrons. The molecule has 1 atom stereocenters. The first-order valence-electron chi connectivity index (χ1n) is 12.5. The largest absolute Gasteiger partial charge is 0.416 e. The summed E-state index contributed by atoms with van der Waals surface area (Å²) in [7, 11) is -1.95. The number of benzene rings is 2. The third-order valence-corrected chi connectivity index (χ3v) is 8.52. The lowest BCUT2D eigenvalue weighted by Crippen LogP contribution is -2.49. The molecule has 0 aliphatic carbocycles. The Morgan fingerprint density at radius 2 is 1.87 bits per heavy atom. The molecule has 2 amide bonds. The van der Waals surface area contributed by atoms with Gasteiger partial charge in [0.1, 0.15) is 0 Å². The highest BCUT2D eigenvalue weighted by atomic mass is 35.5. The van der Waals surface area contributed by atoms with Crippen molar-refractivity contribution < 1.29 is 31.2 Å². The monoisotopic (exact) mass is 588 g/mol. The average Bonchev–Trinajstić information content (AvgIpc) is 2.87. The summed E-state index contributed by atoms with van der Waals surface area (Å²) in [6, 6.07) is 7.42. The lowest BCUT2D eigenvalue weighted by molar-refractivity contribution is -0.138. The van der Waals surface area contributed by atoms with Gasteiger partial charge in [-0.3, -0.25) is 14.5 Å². The fourth-order valence-electron chi connectivity index (χ4n) is 4.54. The highest BCUT2D eigenvalue weighted by molar-refractivity contribution is 7.91. The lowest BCUT2D eigenvalue weighted by Gasteiger charge is -2.33. The second-order valence-corrected chi connectivity index (χ2v) is 12.1. The summed E-state index contributed by atoms with van der Waals surface area (Å²) in [6.45, 7) is 2.42. The Bertz CT molecular complexity index is 1300. The minimum Gasteiger partial charge on any atom is -0.351 e. The van der Waals surface area contributed by atoms with Crippen LogP contribution in [0.4, 0.5) is 13.2 Å². The van der Waals surface area contributed by atoms with Gasteiger partial charge in [0.15, 0.2) is 9.84 Å². The van der Waals surface area contributed by atoms with Crippen LogP contribution in [0.3, 0.4) is 0 Å². The third-order valence-electron chi connectivity index (χ3n) is 6.46. The summed E-state index contributed by atoms with van der Waals surface area (Å²) >= 11 is 6.00. The molecule has 1 fully saturated rings. The maximum Gasteiger partial charge on any atom is 0.416 e. The minimum absolute atomic E-state index is 0.00279. The molecule has 0 spiro atoms. The molecule has 8 nitrogen and oxygen atoms in total. The van der Waals surface area contributed by atoms with Crippen LogP contribution in [-0.4, -0.2) is 63.6 Å². The van der Waals surface area contributed by atoms with Crippen LogP contribution in [0.15, 0.2) is 41.3 Å². The van der Waals surface area contributed by atoms with Crippen LogP contribution in [0.1, 0.15) is 46.8 Å². The van der Waals surface area contributed by atoms with Gasteiger partial charge in [0.25, 0.3) is 5.91 Å². The van der Waals surface area contributed by atoms with Gasteiger partial charge in [-0.15, -0.1) is 0 Å². The van der Waals surface area contributed by atoms with E-state index in [1.807, 2.05) is 4.90 Å². The number of rotatable bonds is 10. The molecule has 0 unspecified atom stereocenters. The quantitative estimate of drug-likeness (QED) is 0.393. The van der Waals surface area contributed by atoms with Gasteiger partial charge in [-0.25, -0.2) is 8.42 Å². The second kappa shape index (κ2) is 13.1. The molecule has 1 saturated heterocycles. The van der Waals surface area contributed by atoms with Crippen molar-refractivity contribution in [2.75, 3.05) is 32.4 Å². The third kappa shape index (κ3) is 8.41. The number of hydrogen-bond donors (Lipinski definition) is 3. The molecule has 0 radical (unpaired) electrons. The molecule has 3 rings (SSSR count). The summed E-state index contributed by atoms with van der Waals surface area (Å²) in [6.07, 6.45) is -3.23. The van der Waals surface area contributed by atoms with E-state index in [1.165, 1.54) is 37.3 Å². The Kier molecular flexibility index (Phi) is 10.4. The molecule has 2 aromatic rings. The summed E-state index contributed by atoms with van der Waals surface area (Å²) in [5.41, 5.74) is -0.864. The Morgan fingerprint density at radius 3 is 2.54 bits per heavy atom. The van der Waals surface area contributed by atoms with E-state index in [0.29, 0.717) is 13.1 Å². The molecular weight excluding hydrogens is 557 g/mol. The van der Waals surface area contributed by atoms with E-state index in [9.17, 15) is 31.2 Å². The van der Waals surface area contributed by atoms with Gasteiger partial charge in [-0.05, 0) is 67.9 Å². The molecule has 1 aliphatic rings. The maximum absolute atomic E-state index is 14.0. The molecule has 0 aromatic heterocycles. The van der Waals surface area contributed by atoms with Crippen molar-refractivity contribution in [2.24, 2.45) is 0 Å². The van der Waals surface area contributed by atoms with Crippen molar-refractivity contribution in [3.63, 3.8) is 0 Å². The van der Waals surface area contributed by atoms with Crippen LogP contribution < -0.4 is 16.0 Å². The molecule has 39 heavy (non-hydrogen) atoms. The molecular formula is C26H32ClF3N4O4S. The van der Waals surface area contributed by atoms with Gasteiger partial charge in [-0.1, -0.05) is 24.6 Å². The smallest absolute Gasteiger partial charge is 0.351 e. The number of carbonyl (C=O) groups excluding carboxylic acids is 2. The van der Waals surface area contributed by atoms with E-state index in [4.69, 9.17) is 11.6 Å². The number of sulfone groups is 1. The van der Waals surface area contributed by atoms with Crippen molar-refractivity contribution in [2.45, 2.75) is 50.0 Å². The number of likely N-dealkylation sites (N-methyl/N-ethyl adjacent to an activating group) is 1. The number of nitrogens with zero attached hydrogens (tertiary/aromatic N) is 1. The van der Waals surface area contributed by atoms with Crippen LogP contribution in [0.5, 0.6) is 0 Å². The predicted octanol–water partition coefficient (Wildman–Crippen LogP) is 3.38. The summed E-state index contributed by atoms with van der Waals surface area (Å²) in [5.74, 6) is -1.11. The SMILES string of the molecule is CCS(=O)(=O)c1ccc(Cl)cc1CNC(=O)c1ccc(CN2CCC[C@H](NC(=O)CNC)C2)c(C(F)(F)F)c1. The van der Waals surface area contributed by atoms with Crippen molar-refractivity contribution in [1.82, 2.24) is 20.9 Å². The molecule has 1 aliphatic heterocycles. The number of likely N-dealkylation sites (tertiary alicyclic amines) is 1. The number of alkyl halides is 3. The van der Waals surface area contributed by atoms with Crippen LogP contribution in [0.25, 0.3) is 0 Å². The Hall–Kier alpha value is -2.67. The van der Waals surface area contributed by atoms with Gasteiger partial charge < -0.3 is 16.0 Å². The van der Waals surface area contributed by atoms with Crippen molar-refractivity contribution >= 4 is 33.3 Å². The van der Waals surface area contributed by atoms with Gasteiger partial charge in [0.05, 0.1) is 22.8 Å². The Labute approximate surface area is 231 Å². The van der Waals surface area contributed by atoms with E-state index in [0.717, 1.165) is 18.9 Å². The molecule has 3 N–H and O–H groups in total. The number of amides is 2.